The predicted octanol–water partition coefficient (Wildman–Crippen LogP) is 10.9. The Morgan fingerprint density at radius 3 is 1.25 bits per heavy atom. The molecule has 0 N–H and O–H groups in total. The van der Waals surface area contributed by atoms with Gasteiger partial charge in [-0.05, 0) is 83.7 Å². The molecule has 0 aromatic heterocycles. The first-order valence-corrected chi connectivity index (χ1v) is 30.8. The van der Waals surface area contributed by atoms with Gasteiger partial charge in [0.25, 0.3) is 8.32 Å². The van der Waals surface area contributed by atoms with Crippen LogP contribution in [0.5, 0.6) is 0 Å². The fourth-order valence-electron chi connectivity index (χ4n) is 8.63. The largest absolute Gasteiger partial charge is 0.408 e. The maximum Gasteiger partial charge on any atom is 0.261 e. The van der Waals surface area contributed by atoms with E-state index in [1.807, 2.05) is 0 Å². The summed E-state index contributed by atoms with van der Waals surface area (Å²) in [4.78, 5) is 0. The molecule has 5 atom stereocenters. The number of rotatable bonds is 22. The van der Waals surface area contributed by atoms with Gasteiger partial charge in [0.1, 0.15) is 24.4 Å². The molecule has 0 aliphatic carbocycles. The molecular weight excluding hydrogens is 725 g/mol. The molecule has 0 saturated carbocycles. The molecule has 1 unspecified atom stereocenters. The molecule has 1 aliphatic rings. The topological polar surface area (TPSA) is 55.4 Å². The average molecular weight is 803 g/mol. The van der Waals surface area contributed by atoms with E-state index >= 15 is 0 Å². The third-order valence-corrected chi connectivity index (χ3v) is 31.8. The lowest BCUT2D eigenvalue weighted by atomic mass is 9.99. The quantitative estimate of drug-likeness (QED) is 0.111. The van der Waals surface area contributed by atoms with E-state index in [2.05, 4.69) is 158 Å². The van der Waals surface area contributed by atoms with Crippen molar-refractivity contribution in [1.29, 1.82) is 0 Å². The molecule has 1 saturated heterocycles. The minimum absolute atomic E-state index is 0.0515. The van der Waals surface area contributed by atoms with Crippen molar-refractivity contribution < 1.29 is 27.2 Å². The van der Waals surface area contributed by atoms with Gasteiger partial charge in [-0.1, -0.05) is 144 Å². The monoisotopic (exact) mass is 802 g/mol. The summed E-state index contributed by atoms with van der Waals surface area (Å²) in [5, 5.41) is 2.34. The highest BCUT2D eigenvalue weighted by Crippen LogP contribution is 2.42. The fraction of sp³-hybridized carbons (Fsp3) is 0.721. The van der Waals surface area contributed by atoms with Crippen LogP contribution in [0.4, 0.5) is 0 Å². The van der Waals surface area contributed by atoms with E-state index in [1.165, 1.54) is 10.4 Å². The summed E-state index contributed by atoms with van der Waals surface area (Å²) >= 11 is 0. The van der Waals surface area contributed by atoms with Crippen molar-refractivity contribution >= 4 is 43.6 Å². The second kappa shape index (κ2) is 20.5. The highest BCUT2D eigenvalue weighted by Gasteiger charge is 2.57. The molecule has 0 spiro atoms. The van der Waals surface area contributed by atoms with Crippen LogP contribution in [0, 0.1) is 0 Å². The van der Waals surface area contributed by atoms with E-state index in [0.717, 1.165) is 54.4 Å². The Labute approximate surface area is 329 Å². The van der Waals surface area contributed by atoms with Crippen LogP contribution in [0.25, 0.3) is 0 Å². The Kier molecular flexibility index (Phi) is 17.9. The van der Waals surface area contributed by atoms with Gasteiger partial charge in [0.15, 0.2) is 31.2 Å². The molecule has 2 aromatic carbocycles. The zero-order valence-electron chi connectivity index (χ0n) is 36.3. The Morgan fingerprint density at radius 1 is 0.547 bits per heavy atom. The zero-order chi connectivity index (χ0) is 39.5. The van der Waals surface area contributed by atoms with Crippen molar-refractivity contribution in [1.82, 2.24) is 0 Å². The lowest BCUT2D eigenvalue weighted by Gasteiger charge is -2.53. The average Bonchev–Trinajstić information content (AvgIpc) is 3.17. The fourth-order valence-corrected chi connectivity index (χ4v) is 21.7. The van der Waals surface area contributed by atoms with Crippen LogP contribution in [0.15, 0.2) is 60.7 Å². The molecule has 302 valence electrons. The molecule has 3 rings (SSSR count). The predicted molar refractivity (Wildman–Crippen MR) is 235 cm³/mol. The van der Waals surface area contributed by atoms with Crippen molar-refractivity contribution in [3.05, 3.63) is 60.7 Å². The molecule has 53 heavy (non-hydrogen) atoms. The Morgan fingerprint density at radius 2 is 0.906 bits per heavy atom. The van der Waals surface area contributed by atoms with E-state index in [-0.39, 0.29) is 29.5 Å². The minimum atomic E-state index is -2.88. The highest BCUT2D eigenvalue weighted by molar-refractivity contribution is 6.99. The molecule has 0 amide bonds. The summed E-state index contributed by atoms with van der Waals surface area (Å²) < 4.78 is 44.8. The Bertz CT molecular complexity index is 1250. The molecule has 1 fully saturated rings. The number of hydrogen-bond acceptors (Lipinski definition) is 6. The Hall–Kier alpha value is -0.932. The molecule has 10 heteroatoms. The van der Waals surface area contributed by atoms with Crippen LogP contribution in [-0.2, 0) is 27.2 Å². The van der Waals surface area contributed by atoms with Gasteiger partial charge in [0.05, 0.1) is 12.7 Å². The summed E-state index contributed by atoms with van der Waals surface area (Å²) in [6, 6.07) is 31.2. The lowest BCUT2D eigenvalue weighted by molar-refractivity contribution is -0.299. The van der Waals surface area contributed by atoms with Gasteiger partial charge in [-0.15, -0.1) is 0 Å². The zero-order valence-corrected chi connectivity index (χ0v) is 40.3. The van der Waals surface area contributed by atoms with Gasteiger partial charge in [-0.25, -0.2) is 0 Å². The van der Waals surface area contributed by atoms with Crippen molar-refractivity contribution in [2.75, 3.05) is 6.61 Å². The molecule has 1 heterocycles. The van der Waals surface area contributed by atoms with Crippen molar-refractivity contribution in [2.24, 2.45) is 0 Å². The number of benzene rings is 2. The van der Waals surface area contributed by atoms with Gasteiger partial charge >= 0.3 is 0 Å². The van der Waals surface area contributed by atoms with Crippen molar-refractivity contribution in [2.45, 2.75) is 193 Å². The van der Waals surface area contributed by atoms with E-state index in [9.17, 15) is 0 Å². The minimum Gasteiger partial charge on any atom is -0.408 e. The summed E-state index contributed by atoms with van der Waals surface area (Å²) in [6.07, 6.45) is -2.09. The third kappa shape index (κ3) is 10.5. The van der Waals surface area contributed by atoms with Crippen molar-refractivity contribution in [3.63, 3.8) is 0 Å². The van der Waals surface area contributed by atoms with E-state index in [4.69, 9.17) is 27.2 Å². The van der Waals surface area contributed by atoms with E-state index in [0.29, 0.717) is 6.61 Å². The standard InChI is InChI=1S/C43H78O6Si4/c1-15-50(16-2,17-3)47-39-38(34-44-53(43(12,13)14,36-30-26-24-27-31-36)37-32-28-25-29-33-37)46-42(45-35(10)11)41(49-52(21-7,22-8)23-9)40(39)48-51(18-4,19-5)20-6/h24-33,35,38-42H,15-23,34H2,1-14H3/t38-,39-,40+,41-,42?/m1/s1. The summed E-state index contributed by atoms with van der Waals surface area (Å²) in [5.74, 6) is 0. The summed E-state index contributed by atoms with van der Waals surface area (Å²) in [5.41, 5.74) is 0. The Balaban J connectivity index is 2.34. The van der Waals surface area contributed by atoms with E-state index < -0.39 is 45.7 Å². The number of ether oxygens (including phenoxy) is 2. The van der Waals surface area contributed by atoms with Gasteiger partial charge in [0, 0.05) is 0 Å². The smallest absolute Gasteiger partial charge is 0.261 e. The van der Waals surface area contributed by atoms with Gasteiger partial charge < -0.3 is 27.2 Å². The molecule has 1 aliphatic heterocycles. The van der Waals surface area contributed by atoms with Gasteiger partial charge in [-0.2, -0.15) is 0 Å². The first-order valence-electron chi connectivity index (χ1n) is 21.3. The molecular formula is C43H78O6Si4. The molecule has 6 nitrogen and oxygen atoms in total. The summed E-state index contributed by atoms with van der Waals surface area (Å²) in [6.45, 7) is 32.4. The first-order chi connectivity index (χ1) is 25.2. The van der Waals surface area contributed by atoms with Crippen LogP contribution in [0.2, 0.25) is 59.4 Å². The second-order valence-electron chi connectivity index (χ2n) is 16.7. The first kappa shape index (κ1) is 46.4. The molecule has 0 bridgehead atoms. The normalized spacial score (nSPS) is 22.1. The maximum atomic E-state index is 7.75. The van der Waals surface area contributed by atoms with Gasteiger partial charge in [-0.3, -0.25) is 0 Å². The van der Waals surface area contributed by atoms with Crippen LogP contribution < -0.4 is 10.4 Å². The lowest BCUT2D eigenvalue weighted by Crippen LogP contribution is -2.70. The molecule has 0 radical (unpaired) electrons. The van der Waals surface area contributed by atoms with Crippen LogP contribution in [0.1, 0.15) is 96.9 Å². The second-order valence-corrected chi connectivity index (χ2v) is 35.2. The summed E-state index contributed by atoms with van der Waals surface area (Å²) in [7, 11) is -9.36. The van der Waals surface area contributed by atoms with Crippen LogP contribution >= 0.6 is 0 Å². The van der Waals surface area contributed by atoms with Crippen molar-refractivity contribution in [3.8, 4) is 0 Å². The van der Waals surface area contributed by atoms with Crippen LogP contribution in [-0.4, -0.2) is 76.7 Å². The third-order valence-electron chi connectivity index (χ3n) is 12.8. The van der Waals surface area contributed by atoms with Gasteiger partial charge in [0.2, 0.25) is 0 Å². The van der Waals surface area contributed by atoms with Crippen LogP contribution in [0.3, 0.4) is 0 Å². The van der Waals surface area contributed by atoms with E-state index in [1.54, 1.807) is 0 Å². The SMILES string of the molecule is CC[Si](CC)(CC)O[C@H]1[C@H](O[Si](CC)(CC)CC)[C@@H](O[Si](CC)(CC)CC)C(OC(C)C)O[C@@H]1CO[Si](c1ccccc1)(c1ccccc1)C(C)(C)C. The maximum absolute atomic E-state index is 7.75. The highest BCUT2D eigenvalue weighted by atomic mass is 28.4. The molecule has 2 aromatic rings. The number of hydrogen-bond donors (Lipinski definition) is 0.